The molecule has 2 aromatic heterocycles. The highest BCUT2D eigenvalue weighted by Crippen LogP contribution is 2.42. The normalized spacial score (nSPS) is 11.2. The zero-order valence-corrected chi connectivity index (χ0v) is 18.3. The molecule has 0 aliphatic carbocycles. The van der Waals surface area contributed by atoms with Crippen molar-refractivity contribution < 1.29 is 0 Å². The number of nitrogens with two attached hydrogens (primary N) is 1. The van der Waals surface area contributed by atoms with E-state index in [9.17, 15) is 0 Å². The highest BCUT2D eigenvalue weighted by atomic mass is 35.5. The first-order valence-electron chi connectivity index (χ1n) is 9.47. The Morgan fingerprint density at radius 1 is 0.806 bits per heavy atom. The van der Waals surface area contributed by atoms with Crippen molar-refractivity contribution in [3.8, 4) is 28.1 Å². The number of nitrogens with zero attached hydrogens (tertiary/aromatic N) is 3. The molecule has 2 N–H and O–H groups in total. The summed E-state index contributed by atoms with van der Waals surface area (Å²) < 4.78 is 1.77. The van der Waals surface area contributed by atoms with Gasteiger partial charge in [0.15, 0.2) is 5.65 Å². The summed E-state index contributed by atoms with van der Waals surface area (Å²) in [6, 6.07) is 22.6. The van der Waals surface area contributed by atoms with Gasteiger partial charge in [-0.25, -0.2) is 9.67 Å². The smallest absolute Gasteiger partial charge is 0.165 e. The lowest BCUT2D eigenvalue weighted by Crippen LogP contribution is -2.02. The van der Waals surface area contributed by atoms with E-state index in [1.54, 1.807) is 23.0 Å². The molecule has 0 saturated heterocycles. The van der Waals surface area contributed by atoms with E-state index in [-0.39, 0.29) is 0 Å². The van der Waals surface area contributed by atoms with Gasteiger partial charge in [-0.3, -0.25) is 0 Å². The predicted octanol–water partition coefficient (Wildman–Crippen LogP) is 7.30. The maximum Gasteiger partial charge on any atom is 0.165 e. The third-order valence-corrected chi connectivity index (χ3v) is 5.88. The first-order chi connectivity index (χ1) is 15.0. The van der Waals surface area contributed by atoms with Gasteiger partial charge >= 0.3 is 0 Å². The lowest BCUT2D eigenvalue weighted by Gasteiger charge is -2.15. The fourth-order valence-corrected chi connectivity index (χ4v) is 4.23. The molecule has 3 aromatic carbocycles. The number of hydrogen-bond donors (Lipinski definition) is 1. The van der Waals surface area contributed by atoms with E-state index in [0.717, 1.165) is 27.8 Å². The van der Waals surface area contributed by atoms with Crippen LogP contribution in [0.3, 0.4) is 0 Å². The van der Waals surface area contributed by atoms with Crippen LogP contribution < -0.4 is 5.73 Å². The summed E-state index contributed by atoms with van der Waals surface area (Å²) in [5, 5.41) is 6.97. The van der Waals surface area contributed by atoms with E-state index in [2.05, 4.69) is 5.10 Å². The molecular formula is C24H15Cl3N4. The van der Waals surface area contributed by atoms with Gasteiger partial charge < -0.3 is 5.73 Å². The van der Waals surface area contributed by atoms with E-state index >= 15 is 0 Å². The molecule has 0 bridgehead atoms. The number of benzene rings is 3. The SMILES string of the molecule is Nc1c(-c2ccc(Cl)cc2)c(-c2ccc(Cl)cc2Cl)nc2c1cnn2-c1ccccc1. The van der Waals surface area contributed by atoms with E-state index in [1.807, 2.05) is 60.7 Å². The summed E-state index contributed by atoms with van der Waals surface area (Å²) >= 11 is 18.8. The second-order valence-corrected chi connectivity index (χ2v) is 8.29. The quantitative estimate of drug-likeness (QED) is 0.304. The zero-order valence-electron chi connectivity index (χ0n) is 16.1. The van der Waals surface area contributed by atoms with Crippen LogP contribution in [0.25, 0.3) is 39.1 Å². The molecule has 0 atom stereocenters. The number of hydrogen-bond acceptors (Lipinski definition) is 3. The minimum absolute atomic E-state index is 0.486. The maximum absolute atomic E-state index is 6.70. The maximum atomic E-state index is 6.70. The average Bonchev–Trinajstić information content (AvgIpc) is 3.20. The molecule has 152 valence electrons. The fraction of sp³-hybridized carbons (Fsp3) is 0. The van der Waals surface area contributed by atoms with Crippen LogP contribution in [-0.4, -0.2) is 14.8 Å². The van der Waals surface area contributed by atoms with Gasteiger partial charge in [0.05, 0.1) is 33.7 Å². The molecule has 0 saturated carbocycles. The summed E-state index contributed by atoms with van der Waals surface area (Å²) in [4.78, 5) is 4.99. The van der Waals surface area contributed by atoms with Crippen LogP contribution in [0.4, 0.5) is 5.69 Å². The van der Waals surface area contributed by atoms with Gasteiger partial charge in [-0.2, -0.15) is 5.10 Å². The second kappa shape index (κ2) is 7.89. The van der Waals surface area contributed by atoms with Crippen molar-refractivity contribution in [2.75, 3.05) is 5.73 Å². The Balaban J connectivity index is 1.86. The number of para-hydroxylation sites is 1. The van der Waals surface area contributed by atoms with Crippen LogP contribution in [0.2, 0.25) is 15.1 Å². The Kier molecular flexibility index (Phi) is 5.06. The van der Waals surface area contributed by atoms with Crippen LogP contribution in [0.15, 0.2) is 79.0 Å². The number of rotatable bonds is 3. The van der Waals surface area contributed by atoms with Crippen molar-refractivity contribution in [2.45, 2.75) is 0 Å². The van der Waals surface area contributed by atoms with Gasteiger partial charge in [-0.1, -0.05) is 65.1 Å². The minimum atomic E-state index is 0.486. The van der Waals surface area contributed by atoms with E-state index in [1.165, 1.54) is 0 Å². The third-order valence-electron chi connectivity index (χ3n) is 5.08. The molecule has 7 heteroatoms. The van der Waals surface area contributed by atoms with Crippen LogP contribution in [-0.2, 0) is 0 Å². The molecule has 0 aliphatic heterocycles. The number of halogens is 3. The summed E-state index contributed by atoms with van der Waals surface area (Å²) in [7, 11) is 0. The molecule has 4 nitrogen and oxygen atoms in total. The second-order valence-electron chi connectivity index (χ2n) is 7.01. The van der Waals surface area contributed by atoms with Crippen LogP contribution in [0, 0.1) is 0 Å². The van der Waals surface area contributed by atoms with Gasteiger partial charge in [-0.15, -0.1) is 0 Å². The molecule has 2 heterocycles. The molecule has 31 heavy (non-hydrogen) atoms. The van der Waals surface area contributed by atoms with Crippen molar-refractivity contribution in [2.24, 2.45) is 0 Å². The lowest BCUT2D eigenvalue weighted by molar-refractivity contribution is 0.898. The van der Waals surface area contributed by atoms with Gasteiger partial charge in [0.1, 0.15) is 0 Å². The number of aromatic nitrogens is 3. The standard InChI is InChI=1S/C24H15Cl3N4/c25-15-8-6-14(7-9-15)21-22(28)19-13-29-31(17-4-2-1-3-5-17)24(19)30-23(21)18-11-10-16(26)12-20(18)27/h1-13H,(H2,28,30). The number of pyridine rings is 1. The molecule has 0 fully saturated rings. The Morgan fingerprint density at radius 3 is 2.23 bits per heavy atom. The Bertz CT molecular complexity index is 1410. The molecule has 0 radical (unpaired) electrons. The Hall–Kier alpha value is -3.05. The highest BCUT2D eigenvalue weighted by Gasteiger charge is 2.21. The minimum Gasteiger partial charge on any atom is -0.398 e. The van der Waals surface area contributed by atoms with Crippen molar-refractivity contribution in [1.29, 1.82) is 0 Å². The molecule has 0 unspecified atom stereocenters. The van der Waals surface area contributed by atoms with Crippen molar-refractivity contribution >= 4 is 51.5 Å². The van der Waals surface area contributed by atoms with Crippen LogP contribution in [0.1, 0.15) is 0 Å². The van der Waals surface area contributed by atoms with Gasteiger partial charge in [-0.05, 0) is 48.0 Å². The van der Waals surface area contributed by atoms with E-state index in [0.29, 0.717) is 32.1 Å². The summed E-state index contributed by atoms with van der Waals surface area (Å²) in [6.45, 7) is 0. The molecule has 5 rings (SSSR count). The summed E-state index contributed by atoms with van der Waals surface area (Å²) in [5.74, 6) is 0. The first-order valence-corrected chi connectivity index (χ1v) is 10.6. The molecule has 0 aliphatic rings. The lowest BCUT2D eigenvalue weighted by atomic mass is 9.96. The molecule has 0 amide bonds. The Labute approximate surface area is 193 Å². The average molecular weight is 466 g/mol. The van der Waals surface area contributed by atoms with E-state index in [4.69, 9.17) is 45.5 Å². The van der Waals surface area contributed by atoms with Crippen molar-refractivity contribution in [3.63, 3.8) is 0 Å². The van der Waals surface area contributed by atoms with Gasteiger partial charge in [0, 0.05) is 21.2 Å². The van der Waals surface area contributed by atoms with E-state index < -0.39 is 0 Å². The summed E-state index contributed by atoms with van der Waals surface area (Å²) in [6.07, 6.45) is 1.73. The Morgan fingerprint density at radius 2 is 1.52 bits per heavy atom. The van der Waals surface area contributed by atoms with Crippen molar-refractivity contribution in [3.05, 3.63) is 94.1 Å². The monoisotopic (exact) mass is 464 g/mol. The fourth-order valence-electron chi connectivity index (χ4n) is 3.61. The molecular weight excluding hydrogens is 451 g/mol. The third kappa shape index (κ3) is 3.53. The topological polar surface area (TPSA) is 56.7 Å². The summed E-state index contributed by atoms with van der Waals surface area (Å²) in [5.41, 5.74) is 11.8. The zero-order chi connectivity index (χ0) is 21.5. The largest absolute Gasteiger partial charge is 0.398 e. The number of anilines is 1. The molecule has 0 spiro atoms. The first kappa shape index (κ1) is 19.9. The molecule has 5 aromatic rings. The van der Waals surface area contributed by atoms with Crippen molar-refractivity contribution in [1.82, 2.24) is 14.8 Å². The van der Waals surface area contributed by atoms with Gasteiger partial charge in [0.2, 0.25) is 0 Å². The number of fused-ring (bicyclic) bond motifs is 1. The predicted molar refractivity (Wildman–Crippen MR) is 129 cm³/mol. The van der Waals surface area contributed by atoms with Gasteiger partial charge in [0.25, 0.3) is 0 Å². The van der Waals surface area contributed by atoms with Crippen LogP contribution >= 0.6 is 34.8 Å². The van der Waals surface area contributed by atoms with Crippen LogP contribution in [0.5, 0.6) is 0 Å². The highest BCUT2D eigenvalue weighted by molar-refractivity contribution is 6.36. The number of nitrogen functional groups attached to an aromatic ring is 1.